The topological polar surface area (TPSA) is 39.1 Å². The van der Waals surface area contributed by atoms with Crippen LogP contribution in [0.25, 0.3) is 0 Å². The molecule has 1 heterocycles. The van der Waals surface area contributed by atoms with E-state index in [1.54, 1.807) is 0 Å². The van der Waals surface area contributed by atoms with E-state index in [0.29, 0.717) is 6.04 Å². The lowest BCUT2D eigenvalue weighted by atomic mass is 9.94. The maximum Gasteiger partial charge on any atom is 0.105 e. The van der Waals surface area contributed by atoms with Gasteiger partial charge in [0.2, 0.25) is 0 Å². The number of nitrogens with one attached hydrogen (secondary N) is 1. The summed E-state index contributed by atoms with van der Waals surface area (Å²) in [5.74, 6) is 0. The van der Waals surface area contributed by atoms with E-state index in [4.69, 9.17) is 5.26 Å². The van der Waals surface area contributed by atoms with E-state index >= 15 is 0 Å². The summed E-state index contributed by atoms with van der Waals surface area (Å²) < 4.78 is 0. The summed E-state index contributed by atoms with van der Waals surface area (Å²) in [6.45, 7) is 6.64. The van der Waals surface area contributed by atoms with E-state index < -0.39 is 0 Å². The van der Waals surface area contributed by atoms with Crippen molar-refractivity contribution in [3.8, 4) is 6.07 Å². The molecule has 0 saturated carbocycles. The molecule has 1 fully saturated rings. The molecule has 0 bridgehead atoms. The number of likely N-dealkylation sites (tertiary alicyclic amines) is 1. The first-order valence-electron chi connectivity index (χ1n) is 6.45. The highest BCUT2D eigenvalue weighted by molar-refractivity contribution is 5.04. The lowest BCUT2D eigenvalue weighted by molar-refractivity contribution is 0.184. The minimum Gasteiger partial charge on any atom is -0.303 e. The van der Waals surface area contributed by atoms with Crippen LogP contribution in [0.2, 0.25) is 0 Å². The quantitative estimate of drug-likeness (QED) is 0.793. The lowest BCUT2D eigenvalue weighted by Gasteiger charge is -2.32. The maximum atomic E-state index is 9.16. The average Bonchev–Trinajstić information content (AvgIpc) is 2.57. The van der Waals surface area contributed by atoms with Gasteiger partial charge in [-0.15, -0.1) is 0 Å². The van der Waals surface area contributed by atoms with Crippen LogP contribution in [-0.4, -0.2) is 36.6 Å². The zero-order valence-corrected chi connectivity index (χ0v) is 10.9. The van der Waals surface area contributed by atoms with Crippen molar-refractivity contribution in [3.63, 3.8) is 0 Å². The van der Waals surface area contributed by atoms with Crippen molar-refractivity contribution in [1.29, 1.82) is 5.26 Å². The fourth-order valence-electron chi connectivity index (χ4n) is 2.46. The van der Waals surface area contributed by atoms with Gasteiger partial charge in [0.15, 0.2) is 0 Å². The first-order chi connectivity index (χ1) is 7.61. The van der Waals surface area contributed by atoms with Crippen molar-refractivity contribution in [3.05, 3.63) is 0 Å². The molecule has 2 atom stereocenters. The van der Waals surface area contributed by atoms with E-state index in [1.165, 1.54) is 38.8 Å². The monoisotopic (exact) mass is 223 g/mol. The molecular weight excluding hydrogens is 198 g/mol. The molecule has 1 aliphatic heterocycles. The zero-order valence-electron chi connectivity index (χ0n) is 10.9. The lowest BCUT2D eigenvalue weighted by Crippen LogP contribution is -2.45. The Kier molecular flexibility index (Phi) is 5.24. The fraction of sp³-hybridized carbons (Fsp3) is 0.923. The van der Waals surface area contributed by atoms with Crippen molar-refractivity contribution in [1.82, 2.24) is 10.2 Å². The molecule has 16 heavy (non-hydrogen) atoms. The Morgan fingerprint density at radius 2 is 1.88 bits per heavy atom. The molecule has 92 valence electrons. The van der Waals surface area contributed by atoms with E-state index in [-0.39, 0.29) is 5.54 Å². The molecule has 0 radical (unpaired) electrons. The van der Waals surface area contributed by atoms with Crippen molar-refractivity contribution < 1.29 is 0 Å². The van der Waals surface area contributed by atoms with Gasteiger partial charge in [0.25, 0.3) is 0 Å². The predicted octanol–water partition coefficient (Wildman–Crippen LogP) is 2.14. The number of hydrogen-bond acceptors (Lipinski definition) is 3. The summed E-state index contributed by atoms with van der Waals surface area (Å²) >= 11 is 0. The Balaban J connectivity index is 2.50. The van der Waals surface area contributed by atoms with Crippen molar-refractivity contribution >= 4 is 0 Å². The van der Waals surface area contributed by atoms with Gasteiger partial charge in [-0.25, -0.2) is 0 Å². The van der Waals surface area contributed by atoms with E-state index in [0.717, 1.165) is 6.42 Å². The molecule has 1 rings (SSSR count). The molecular formula is C13H25N3. The summed E-state index contributed by atoms with van der Waals surface area (Å²) in [5.41, 5.74) is -0.383. The second kappa shape index (κ2) is 6.22. The first kappa shape index (κ1) is 13.5. The highest BCUT2D eigenvalue weighted by atomic mass is 15.2. The van der Waals surface area contributed by atoms with E-state index in [9.17, 15) is 0 Å². The predicted molar refractivity (Wildman–Crippen MR) is 67.2 cm³/mol. The molecule has 3 heteroatoms. The standard InChI is InChI=1S/C13H25N3/c1-12(10-13(2,11-14)15-3)16-8-6-4-5-7-9-16/h12,15H,4-10H2,1-3H3. The Bertz CT molecular complexity index is 238. The fourth-order valence-corrected chi connectivity index (χ4v) is 2.46. The molecule has 1 aliphatic rings. The third-order valence-corrected chi connectivity index (χ3v) is 3.77. The summed E-state index contributed by atoms with van der Waals surface area (Å²) in [5, 5.41) is 12.3. The molecule has 1 N–H and O–H groups in total. The number of hydrogen-bond donors (Lipinski definition) is 1. The third kappa shape index (κ3) is 3.77. The second-order valence-electron chi connectivity index (χ2n) is 5.20. The van der Waals surface area contributed by atoms with Crippen LogP contribution < -0.4 is 5.32 Å². The Hall–Kier alpha value is -0.590. The van der Waals surface area contributed by atoms with Gasteiger partial charge in [-0.2, -0.15) is 5.26 Å². The number of rotatable bonds is 4. The number of nitriles is 1. The van der Waals surface area contributed by atoms with Crippen molar-refractivity contribution in [2.75, 3.05) is 20.1 Å². The van der Waals surface area contributed by atoms with Crippen LogP contribution in [0.15, 0.2) is 0 Å². The largest absolute Gasteiger partial charge is 0.303 e. The van der Waals surface area contributed by atoms with Crippen LogP contribution >= 0.6 is 0 Å². The highest BCUT2D eigenvalue weighted by Crippen LogP contribution is 2.19. The van der Waals surface area contributed by atoms with Gasteiger partial charge in [0.05, 0.1) is 6.07 Å². The van der Waals surface area contributed by atoms with Gasteiger partial charge in [-0.3, -0.25) is 0 Å². The minimum absolute atomic E-state index is 0.383. The van der Waals surface area contributed by atoms with Gasteiger partial charge < -0.3 is 10.2 Å². The van der Waals surface area contributed by atoms with Gasteiger partial charge in [-0.05, 0) is 53.2 Å². The summed E-state index contributed by atoms with van der Waals surface area (Å²) in [6, 6.07) is 2.87. The number of nitrogens with zero attached hydrogens (tertiary/aromatic N) is 2. The van der Waals surface area contributed by atoms with E-state index in [1.807, 2.05) is 14.0 Å². The highest BCUT2D eigenvalue weighted by Gasteiger charge is 2.27. The summed E-state index contributed by atoms with van der Waals surface area (Å²) in [6.07, 6.45) is 6.26. The Morgan fingerprint density at radius 3 is 2.31 bits per heavy atom. The Morgan fingerprint density at radius 1 is 1.31 bits per heavy atom. The molecule has 0 aromatic heterocycles. The van der Waals surface area contributed by atoms with Crippen LogP contribution in [0.4, 0.5) is 0 Å². The normalized spacial score (nSPS) is 24.1. The average molecular weight is 223 g/mol. The zero-order chi connectivity index (χ0) is 12.0. The van der Waals surface area contributed by atoms with Gasteiger partial charge in [-0.1, -0.05) is 12.8 Å². The molecule has 0 amide bonds. The molecule has 0 aromatic rings. The van der Waals surface area contributed by atoms with Gasteiger partial charge >= 0.3 is 0 Å². The minimum atomic E-state index is -0.383. The smallest absolute Gasteiger partial charge is 0.105 e. The van der Waals surface area contributed by atoms with Crippen molar-refractivity contribution in [2.24, 2.45) is 0 Å². The Labute approximate surface area is 99.8 Å². The molecule has 0 aliphatic carbocycles. The molecule has 2 unspecified atom stereocenters. The van der Waals surface area contributed by atoms with E-state index in [2.05, 4.69) is 23.2 Å². The van der Waals surface area contributed by atoms with Crippen LogP contribution in [-0.2, 0) is 0 Å². The van der Waals surface area contributed by atoms with Crippen LogP contribution in [0, 0.1) is 11.3 Å². The first-order valence-corrected chi connectivity index (χ1v) is 6.45. The second-order valence-corrected chi connectivity index (χ2v) is 5.20. The van der Waals surface area contributed by atoms with Gasteiger partial charge in [0.1, 0.15) is 5.54 Å². The van der Waals surface area contributed by atoms with Crippen molar-refractivity contribution in [2.45, 2.75) is 57.5 Å². The van der Waals surface area contributed by atoms with Crippen LogP contribution in [0.1, 0.15) is 46.0 Å². The summed E-state index contributed by atoms with van der Waals surface area (Å²) in [4.78, 5) is 2.54. The SMILES string of the molecule is CNC(C)(C#N)CC(C)N1CCCCCC1. The molecule has 0 spiro atoms. The molecule has 0 aromatic carbocycles. The summed E-state index contributed by atoms with van der Waals surface area (Å²) in [7, 11) is 1.87. The molecule has 3 nitrogen and oxygen atoms in total. The maximum absolute atomic E-state index is 9.16. The van der Waals surface area contributed by atoms with Crippen LogP contribution in [0.3, 0.4) is 0 Å². The molecule has 1 saturated heterocycles. The third-order valence-electron chi connectivity index (χ3n) is 3.77. The van der Waals surface area contributed by atoms with Gasteiger partial charge in [0, 0.05) is 6.04 Å². The van der Waals surface area contributed by atoms with Crippen LogP contribution in [0.5, 0.6) is 0 Å².